The molecule has 0 aromatic rings. The molecule has 1 aliphatic heterocycles. The molecule has 1 amide bonds. The number of rotatable bonds is 3. The Morgan fingerprint density at radius 1 is 1.26 bits per heavy atom. The van der Waals surface area contributed by atoms with Crippen LogP contribution in [0.3, 0.4) is 0 Å². The number of hydrogen-bond donors (Lipinski definition) is 2. The summed E-state index contributed by atoms with van der Waals surface area (Å²) < 4.78 is 4.93. The topological polar surface area (TPSA) is 67.4 Å². The van der Waals surface area contributed by atoms with E-state index >= 15 is 0 Å². The minimum atomic E-state index is -0.428. The summed E-state index contributed by atoms with van der Waals surface area (Å²) in [7, 11) is 0. The lowest BCUT2D eigenvalue weighted by atomic mass is 9.85. The van der Waals surface area contributed by atoms with Gasteiger partial charge in [0.15, 0.2) is 0 Å². The molecule has 5 heteroatoms. The average Bonchev–Trinajstić information content (AvgIpc) is 2.55. The fourth-order valence-electron chi connectivity index (χ4n) is 2.01. The van der Waals surface area contributed by atoms with Gasteiger partial charge in [0.1, 0.15) is 6.04 Å². The third-order valence-electron chi connectivity index (χ3n) is 2.93. The Bertz CT molecular complexity index is 353. The number of cyclic esters (lactones) is 1. The molecule has 5 nitrogen and oxygen atoms in total. The van der Waals surface area contributed by atoms with E-state index in [1.807, 2.05) is 41.5 Å². The van der Waals surface area contributed by atoms with E-state index in [9.17, 15) is 9.59 Å². The number of carbonyl (C=O) groups is 2. The first kappa shape index (κ1) is 16.0. The van der Waals surface area contributed by atoms with Gasteiger partial charge in [-0.15, -0.1) is 0 Å². The van der Waals surface area contributed by atoms with Gasteiger partial charge in [0, 0.05) is 12.0 Å². The standard InChI is InChI=1S/C14H26N2O3/c1-13(2,3)10(11(17)16-14(4,5)6)15-9-7-8-19-12(9)18/h9-10,15H,7-8H2,1-6H3,(H,16,17)/t9-,10?/m0/s1. The Balaban J connectivity index is 2.78. The molecule has 1 fully saturated rings. The van der Waals surface area contributed by atoms with Crippen LogP contribution < -0.4 is 10.6 Å². The first-order valence-corrected chi connectivity index (χ1v) is 6.75. The van der Waals surface area contributed by atoms with Crippen molar-refractivity contribution in [1.82, 2.24) is 10.6 Å². The summed E-state index contributed by atoms with van der Waals surface area (Å²) in [6.45, 7) is 12.2. The smallest absolute Gasteiger partial charge is 0.323 e. The maximum absolute atomic E-state index is 12.4. The Kier molecular flexibility index (Phi) is 4.61. The van der Waals surface area contributed by atoms with Crippen LogP contribution in [0.1, 0.15) is 48.0 Å². The van der Waals surface area contributed by atoms with Crippen molar-refractivity contribution in [1.29, 1.82) is 0 Å². The summed E-state index contributed by atoms with van der Waals surface area (Å²) >= 11 is 0. The highest BCUT2D eigenvalue weighted by Gasteiger charge is 2.38. The van der Waals surface area contributed by atoms with Crippen molar-refractivity contribution < 1.29 is 14.3 Å². The highest BCUT2D eigenvalue weighted by atomic mass is 16.5. The Labute approximate surface area is 115 Å². The van der Waals surface area contributed by atoms with Crippen LogP contribution >= 0.6 is 0 Å². The van der Waals surface area contributed by atoms with E-state index in [0.717, 1.165) is 0 Å². The SMILES string of the molecule is CC(C)(C)NC(=O)C(N[C@H]1CCOC1=O)C(C)(C)C. The Morgan fingerprint density at radius 3 is 2.21 bits per heavy atom. The predicted octanol–water partition coefficient (Wildman–Crippen LogP) is 1.22. The fraction of sp³-hybridized carbons (Fsp3) is 0.857. The zero-order chi connectivity index (χ0) is 14.8. The van der Waals surface area contributed by atoms with Gasteiger partial charge in [-0.25, -0.2) is 0 Å². The molecule has 110 valence electrons. The average molecular weight is 270 g/mol. The molecule has 1 unspecified atom stereocenters. The largest absolute Gasteiger partial charge is 0.464 e. The summed E-state index contributed by atoms with van der Waals surface area (Å²) in [4.78, 5) is 23.9. The monoisotopic (exact) mass is 270 g/mol. The third-order valence-corrected chi connectivity index (χ3v) is 2.93. The Morgan fingerprint density at radius 2 is 1.84 bits per heavy atom. The zero-order valence-corrected chi connectivity index (χ0v) is 12.8. The van der Waals surface area contributed by atoms with Gasteiger partial charge in [-0.2, -0.15) is 0 Å². The van der Waals surface area contributed by atoms with Gasteiger partial charge in [-0.1, -0.05) is 20.8 Å². The van der Waals surface area contributed by atoms with Crippen molar-refractivity contribution in [2.75, 3.05) is 6.61 Å². The number of amides is 1. The van der Waals surface area contributed by atoms with Crippen LogP contribution in [0.25, 0.3) is 0 Å². The lowest BCUT2D eigenvalue weighted by molar-refractivity contribution is -0.140. The molecule has 0 radical (unpaired) electrons. The molecular weight excluding hydrogens is 244 g/mol. The molecule has 0 spiro atoms. The molecule has 1 heterocycles. The minimum Gasteiger partial charge on any atom is -0.464 e. The normalized spacial score (nSPS) is 22.0. The van der Waals surface area contributed by atoms with E-state index < -0.39 is 6.04 Å². The van der Waals surface area contributed by atoms with E-state index in [-0.39, 0.29) is 28.9 Å². The number of ether oxygens (including phenoxy) is 1. The van der Waals surface area contributed by atoms with Crippen molar-refractivity contribution in [3.8, 4) is 0 Å². The van der Waals surface area contributed by atoms with E-state index in [1.54, 1.807) is 0 Å². The fourth-order valence-corrected chi connectivity index (χ4v) is 2.01. The summed E-state index contributed by atoms with van der Waals surface area (Å²) in [5.41, 5.74) is -0.573. The molecule has 1 rings (SSSR count). The van der Waals surface area contributed by atoms with Crippen LogP contribution in [0.2, 0.25) is 0 Å². The summed E-state index contributed by atoms with van der Waals surface area (Å²) in [6.07, 6.45) is 0.619. The van der Waals surface area contributed by atoms with Crippen molar-refractivity contribution in [2.24, 2.45) is 5.41 Å². The van der Waals surface area contributed by atoms with E-state index in [4.69, 9.17) is 4.74 Å². The number of esters is 1. The highest BCUT2D eigenvalue weighted by Crippen LogP contribution is 2.22. The van der Waals surface area contributed by atoms with Gasteiger partial charge in [-0.3, -0.25) is 14.9 Å². The number of hydrogen-bond acceptors (Lipinski definition) is 4. The summed E-state index contributed by atoms with van der Waals surface area (Å²) in [5.74, 6) is -0.350. The molecule has 2 N–H and O–H groups in total. The second-order valence-electron chi connectivity index (χ2n) is 7.21. The van der Waals surface area contributed by atoms with Crippen molar-refractivity contribution in [3.05, 3.63) is 0 Å². The Hall–Kier alpha value is -1.10. The van der Waals surface area contributed by atoms with E-state index in [0.29, 0.717) is 13.0 Å². The maximum Gasteiger partial charge on any atom is 0.323 e. The van der Waals surface area contributed by atoms with Gasteiger partial charge in [0.2, 0.25) is 5.91 Å². The summed E-state index contributed by atoms with van der Waals surface area (Å²) in [5, 5.41) is 6.10. The maximum atomic E-state index is 12.4. The predicted molar refractivity (Wildman–Crippen MR) is 73.6 cm³/mol. The van der Waals surface area contributed by atoms with Gasteiger partial charge in [0.05, 0.1) is 12.6 Å². The van der Waals surface area contributed by atoms with Crippen LogP contribution in [-0.2, 0) is 14.3 Å². The molecule has 1 saturated heterocycles. The molecule has 0 aliphatic carbocycles. The van der Waals surface area contributed by atoms with Crippen LogP contribution in [0.5, 0.6) is 0 Å². The molecule has 2 atom stereocenters. The van der Waals surface area contributed by atoms with E-state index in [1.165, 1.54) is 0 Å². The van der Waals surface area contributed by atoms with Crippen LogP contribution in [0.15, 0.2) is 0 Å². The lowest BCUT2D eigenvalue weighted by Gasteiger charge is -2.34. The van der Waals surface area contributed by atoms with Gasteiger partial charge in [0.25, 0.3) is 0 Å². The molecule has 0 saturated carbocycles. The summed E-state index contributed by atoms with van der Waals surface area (Å²) in [6, 6.07) is -0.808. The minimum absolute atomic E-state index is 0.0836. The van der Waals surface area contributed by atoms with Crippen LogP contribution in [0.4, 0.5) is 0 Å². The molecular formula is C14H26N2O3. The lowest BCUT2D eigenvalue weighted by Crippen LogP contribution is -2.58. The molecule has 0 aromatic heterocycles. The molecule has 0 aromatic carbocycles. The van der Waals surface area contributed by atoms with E-state index in [2.05, 4.69) is 10.6 Å². The highest BCUT2D eigenvalue weighted by molar-refractivity contribution is 5.85. The van der Waals surface area contributed by atoms with Gasteiger partial charge in [-0.05, 0) is 26.2 Å². The first-order chi connectivity index (χ1) is 8.50. The second kappa shape index (κ2) is 5.49. The first-order valence-electron chi connectivity index (χ1n) is 6.75. The van der Waals surface area contributed by atoms with Crippen LogP contribution in [0, 0.1) is 5.41 Å². The van der Waals surface area contributed by atoms with Crippen LogP contribution in [-0.4, -0.2) is 36.1 Å². The molecule has 0 bridgehead atoms. The van der Waals surface area contributed by atoms with Gasteiger partial charge >= 0.3 is 5.97 Å². The molecule has 1 aliphatic rings. The molecule has 19 heavy (non-hydrogen) atoms. The van der Waals surface area contributed by atoms with Crippen molar-refractivity contribution >= 4 is 11.9 Å². The number of nitrogens with one attached hydrogen (secondary N) is 2. The third kappa shape index (κ3) is 4.82. The number of carbonyl (C=O) groups excluding carboxylic acids is 2. The van der Waals surface area contributed by atoms with Crippen molar-refractivity contribution in [3.63, 3.8) is 0 Å². The van der Waals surface area contributed by atoms with Gasteiger partial charge < -0.3 is 10.1 Å². The quantitative estimate of drug-likeness (QED) is 0.757. The second-order valence-corrected chi connectivity index (χ2v) is 7.21. The van der Waals surface area contributed by atoms with Crippen molar-refractivity contribution in [2.45, 2.75) is 65.6 Å². The zero-order valence-electron chi connectivity index (χ0n) is 12.8.